The summed E-state index contributed by atoms with van der Waals surface area (Å²) in [5.74, 6) is 2.27. The molecule has 10 rings (SSSR count). The molecule has 0 saturated heterocycles. The molecule has 0 unspecified atom stereocenters. The molecule has 0 atom stereocenters. The molecule has 6 nitrogen and oxygen atoms in total. The van der Waals surface area contributed by atoms with Gasteiger partial charge in [0, 0.05) is 40.5 Å². The molecule has 1 aliphatic rings. The van der Waals surface area contributed by atoms with Gasteiger partial charge in [0.2, 0.25) is 0 Å². The van der Waals surface area contributed by atoms with E-state index in [1.807, 2.05) is 36.5 Å². The van der Waals surface area contributed by atoms with Crippen molar-refractivity contribution in [1.82, 2.24) is 9.55 Å². The van der Waals surface area contributed by atoms with Gasteiger partial charge in [-0.15, -0.1) is 0 Å². The van der Waals surface area contributed by atoms with Crippen molar-refractivity contribution >= 4 is 44.6 Å². The van der Waals surface area contributed by atoms with Crippen molar-refractivity contribution in [2.24, 2.45) is 0 Å². The van der Waals surface area contributed by atoms with E-state index in [0.29, 0.717) is 18.0 Å². The van der Waals surface area contributed by atoms with E-state index < -0.39 is 0 Å². The molecule has 59 heavy (non-hydrogen) atoms. The van der Waals surface area contributed by atoms with Crippen LogP contribution in [-0.4, -0.2) is 16.2 Å². The molecule has 1 aliphatic heterocycles. The first-order chi connectivity index (χ1) is 28.8. The van der Waals surface area contributed by atoms with Crippen LogP contribution in [0.2, 0.25) is 0 Å². The van der Waals surface area contributed by atoms with Gasteiger partial charge < -0.3 is 14.5 Å². The Hall–Kier alpha value is -7.62. The third-order valence-corrected chi connectivity index (χ3v) is 11.3. The molecule has 0 saturated carbocycles. The Balaban J connectivity index is 1.01. The minimum absolute atomic E-state index is 0.0477. The smallest absolute Gasteiger partial charge is 0.137 e. The summed E-state index contributed by atoms with van der Waals surface area (Å²) in [6.07, 6.45) is 1.88. The summed E-state index contributed by atoms with van der Waals surface area (Å²) >= 11 is 0. The van der Waals surface area contributed by atoms with Crippen LogP contribution in [0.5, 0.6) is 11.5 Å². The van der Waals surface area contributed by atoms with Crippen LogP contribution in [0.25, 0.3) is 49.9 Å². The summed E-state index contributed by atoms with van der Waals surface area (Å²) in [5.41, 5.74) is 12.8. The number of rotatable bonds is 7. The third-order valence-electron chi connectivity index (χ3n) is 11.3. The highest BCUT2D eigenvalue weighted by molar-refractivity contribution is 6.10. The van der Waals surface area contributed by atoms with Crippen LogP contribution >= 0.6 is 0 Å². The van der Waals surface area contributed by atoms with Gasteiger partial charge in [0.1, 0.15) is 24.0 Å². The van der Waals surface area contributed by atoms with Gasteiger partial charge in [-0.1, -0.05) is 99.6 Å². The van der Waals surface area contributed by atoms with E-state index in [9.17, 15) is 5.26 Å². The monoisotopic (exact) mass is 763 g/mol. The molecule has 6 heteroatoms. The molecular weight excluding hydrogens is 723 g/mol. The number of anilines is 4. The average molecular weight is 764 g/mol. The van der Waals surface area contributed by atoms with E-state index in [1.54, 1.807) is 0 Å². The summed E-state index contributed by atoms with van der Waals surface area (Å²) in [5, 5.41) is 11.8. The molecule has 2 aromatic heterocycles. The van der Waals surface area contributed by atoms with Crippen LogP contribution in [0.3, 0.4) is 0 Å². The molecule has 0 amide bonds. The lowest BCUT2D eigenvalue weighted by Crippen LogP contribution is -2.24. The van der Waals surface area contributed by atoms with E-state index in [0.717, 1.165) is 56.1 Å². The van der Waals surface area contributed by atoms with Gasteiger partial charge in [0.15, 0.2) is 0 Å². The minimum Gasteiger partial charge on any atom is -0.457 e. The second-order valence-corrected chi connectivity index (χ2v) is 16.1. The zero-order valence-corrected chi connectivity index (χ0v) is 33.2. The number of aromatic nitrogens is 2. The zero-order valence-electron chi connectivity index (χ0n) is 33.2. The second-order valence-electron chi connectivity index (χ2n) is 16.1. The van der Waals surface area contributed by atoms with E-state index in [4.69, 9.17) is 9.72 Å². The predicted octanol–water partition coefficient (Wildman–Crippen LogP) is 13.7. The largest absolute Gasteiger partial charge is 0.457 e. The fourth-order valence-electron chi connectivity index (χ4n) is 8.26. The van der Waals surface area contributed by atoms with Crippen molar-refractivity contribution in [1.29, 1.82) is 5.26 Å². The normalized spacial score (nSPS) is 12.5. The van der Waals surface area contributed by atoms with E-state index >= 15 is 0 Å². The summed E-state index contributed by atoms with van der Waals surface area (Å²) in [6.45, 7) is 7.26. The number of nitrogens with zero attached hydrogens (tertiary/aromatic N) is 5. The lowest BCUT2D eigenvalue weighted by Gasteiger charge is -2.24. The molecule has 284 valence electrons. The summed E-state index contributed by atoms with van der Waals surface area (Å²) in [7, 11) is 0. The van der Waals surface area contributed by atoms with Crippen molar-refractivity contribution in [2.45, 2.75) is 26.2 Å². The molecule has 9 aromatic rings. The number of fused-ring (bicyclic) bond motifs is 4. The van der Waals surface area contributed by atoms with Crippen LogP contribution in [0.4, 0.5) is 22.7 Å². The summed E-state index contributed by atoms with van der Waals surface area (Å²) < 4.78 is 8.88. The first-order valence-electron chi connectivity index (χ1n) is 19.9. The first kappa shape index (κ1) is 35.8. The number of ether oxygens (including phenoxy) is 1. The molecule has 0 N–H and O–H groups in total. The number of pyridine rings is 1. The van der Waals surface area contributed by atoms with Crippen LogP contribution < -0.4 is 14.5 Å². The Bertz CT molecular complexity index is 3010. The molecule has 3 heterocycles. The SMILES string of the molecule is CC(C)(C)c1ccnc(-n2c3ccc(C#N)cc3c3ccc(Oc4cccc(N5CN(c6cc(-c7ccccc7)cc(-c7ccccc7)c6)c6ccccc65)c4)cc32)c1. The van der Waals surface area contributed by atoms with Gasteiger partial charge in [-0.3, -0.25) is 4.57 Å². The molecule has 0 radical (unpaired) electrons. The van der Waals surface area contributed by atoms with Gasteiger partial charge in [0.05, 0.1) is 34.0 Å². The molecular formula is C53H41N5O. The van der Waals surface area contributed by atoms with Gasteiger partial charge >= 0.3 is 0 Å². The van der Waals surface area contributed by atoms with E-state index in [-0.39, 0.29) is 5.41 Å². The number of para-hydroxylation sites is 2. The van der Waals surface area contributed by atoms with E-state index in [1.165, 1.54) is 27.8 Å². The maximum atomic E-state index is 9.77. The summed E-state index contributed by atoms with van der Waals surface area (Å²) in [4.78, 5) is 9.59. The highest BCUT2D eigenvalue weighted by atomic mass is 16.5. The zero-order chi connectivity index (χ0) is 40.1. The van der Waals surface area contributed by atoms with Crippen molar-refractivity contribution in [3.05, 3.63) is 193 Å². The fraction of sp³-hybridized carbons (Fsp3) is 0.0943. The maximum absolute atomic E-state index is 9.77. The quantitative estimate of drug-likeness (QED) is 0.162. The van der Waals surface area contributed by atoms with Crippen molar-refractivity contribution in [2.75, 3.05) is 16.5 Å². The van der Waals surface area contributed by atoms with Gasteiger partial charge in [-0.25, -0.2) is 4.98 Å². The lowest BCUT2D eigenvalue weighted by molar-refractivity contribution is 0.483. The molecule has 0 fully saturated rings. The van der Waals surface area contributed by atoms with Crippen molar-refractivity contribution < 1.29 is 4.74 Å². The molecule has 7 aromatic carbocycles. The standard InChI is InChI=1S/C53H41N5O/c1-53(2,3)41-25-26-55-52(31-41)58-48-24-21-36(34-54)27-47(48)46-23-22-45(33-51(46)58)59-44-18-12-17-42(32-44)56-35-57(50-20-11-10-19-49(50)56)43-29-39(37-13-6-4-7-14-37)28-40(30-43)38-15-8-5-9-16-38/h4-33H,35H2,1-3H3. The van der Waals surface area contributed by atoms with Gasteiger partial charge in [-0.2, -0.15) is 5.26 Å². The lowest BCUT2D eigenvalue weighted by atomic mass is 9.88. The van der Waals surface area contributed by atoms with Crippen LogP contribution in [0, 0.1) is 11.3 Å². The predicted molar refractivity (Wildman–Crippen MR) is 241 cm³/mol. The van der Waals surface area contributed by atoms with E-state index in [2.05, 4.69) is 187 Å². The Morgan fingerprint density at radius 2 is 1.20 bits per heavy atom. The highest BCUT2D eigenvalue weighted by Gasteiger charge is 2.29. The molecule has 0 aliphatic carbocycles. The highest BCUT2D eigenvalue weighted by Crippen LogP contribution is 2.46. The summed E-state index contributed by atoms with van der Waals surface area (Å²) in [6, 6.07) is 63.6. The molecule has 0 spiro atoms. The number of hydrogen-bond donors (Lipinski definition) is 0. The fourth-order valence-corrected chi connectivity index (χ4v) is 8.26. The van der Waals surface area contributed by atoms with Gasteiger partial charge in [0.25, 0.3) is 0 Å². The van der Waals surface area contributed by atoms with Crippen molar-refractivity contribution in [3.8, 4) is 45.6 Å². The topological polar surface area (TPSA) is 57.3 Å². The molecule has 0 bridgehead atoms. The average Bonchev–Trinajstić information content (AvgIpc) is 3.82. The van der Waals surface area contributed by atoms with Gasteiger partial charge in [-0.05, 0) is 118 Å². The second kappa shape index (κ2) is 14.4. The number of nitriles is 1. The van der Waals surface area contributed by atoms with Crippen LogP contribution in [0.1, 0.15) is 31.9 Å². The Labute approximate surface area is 344 Å². The van der Waals surface area contributed by atoms with Crippen LogP contribution in [0.15, 0.2) is 182 Å². The maximum Gasteiger partial charge on any atom is 0.137 e. The van der Waals surface area contributed by atoms with Crippen molar-refractivity contribution in [3.63, 3.8) is 0 Å². The minimum atomic E-state index is -0.0477. The van der Waals surface area contributed by atoms with Crippen LogP contribution in [-0.2, 0) is 5.41 Å². The number of hydrogen-bond acceptors (Lipinski definition) is 5. The number of benzene rings is 7. The Morgan fingerprint density at radius 1 is 0.542 bits per heavy atom. The first-order valence-corrected chi connectivity index (χ1v) is 19.9. The third kappa shape index (κ3) is 6.63. The Morgan fingerprint density at radius 3 is 1.88 bits per heavy atom. The Kier molecular flexibility index (Phi) is 8.73.